The summed E-state index contributed by atoms with van der Waals surface area (Å²) in [5, 5.41) is 3.24. The number of hydrogen-bond acceptors (Lipinski definition) is 5. The number of aromatic nitrogens is 2. The van der Waals surface area contributed by atoms with Crippen molar-refractivity contribution < 1.29 is 4.74 Å². The van der Waals surface area contributed by atoms with E-state index in [9.17, 15) is 0 Å². The van der Waals surface area contributed by atoms with Crippen LogP contribution in [0.1, 0.15) is 32.4 Å². The number of nitrogens with zero attached hydrogens (tertiary/aromatic N) is 2. The Morgan fingerprint density at radius 2 is 2.00 bits per heavy atom. The van der Waals surface area contributed by atoms with Crippen molar-refractivity contribution >= 4 is 11.6 Å². The lowest BCUT2D eigenvalue weighted by Gasteiger charge is -2.15. The summed E-state index contributed by atoms with van der Waals surface area (Å²) in [5.41, 5.74) is 7.62. The third kappa shape index (κ3) is 3.85. The predicted octanol–water partition coefficient (Wildman–Crippen LogP) is 3.02. The minimum absolute atomic E-state index is 0.0628. The van der Waals surface area contributed by atoms with Crippen molar-refractivity contribution in [3.8, 4) is 5.88 Å². The molecule has 1 aromatic carbocycles. The Kier molecular flexibility index (Phi) is 4.40. The fourth-order valence-corrected chi connectivity index (χ4v) is 1.82. The van der Waals surface area contributed by atoms with E-state index in [0.717, 1.165) is 11.3 Å². The zero-order valence-electron chi connectivity index (χ0n) is 12.0. The van der Waals surface area contributed by atoms with Gasteiger partial charge in [-0.3, -0.25) is 0 Å². The van der Waals surface area contributed by atoms with E-state index in [1.165, 1.54) is 0 Å². The maximum Gasteiger partial charge on any atom is 0.226 e. The largest absolute Gasteiger partial charge is 0.475 e. The molecule has 0 bridgehead atoms. The van der Waals surface area contributed by atoms with Crippen LogP contribution in [0.4, 0.5) is 11.6 Å². The molecule has 1 aromatic heterocycles. The molecule has 0 spiro atoms. The average molecular weight is 272 g/mol. The summed E-state index contributed by atoms with van der Waals surface area (Å²) >= 11 is 0. The first-order chi connectivity index (χ1) is 9.54. The molecule has 0 aliphatic heterocycles. The van der Waals surface area contributed by atoms with Gasteiger partial charge in [-0.2, -0.15) is 4.98 Å². The molecule has 5 heteroatoms. The van der Waals surface area contributed by atoms with E-state index in [0.29, 0.717) is 11.8 Å². The molecule has 0 amide bonds. The zero-order valence-corrected chi connectivity index (χ0v) is 12.0. The predicted molar refractivity (Wildman–Crippen MR) is 80.7 cm³/mol. The van der Waals surface area contributed by atoms with Crippen molar-refractivity contribution in [1.29, 1.82) is 0 Å². The third-order valence-corrected chi connectivity index (χ3v) is 2.74. The molecular weight excluding hydrogens is 252 g/mol. The second kappa shape index (κ2) is 6.23. The van der Waals surface area contributed by atoms with Gasteiger partial charge in [0.1, 0.15) is 0 Å². The minimum atomic E-state index is 0.0628. The van der Waals surface area contributed by atoms with Crippen LogP contribution in [-0.4, -0.2) is 16.1 Å². The van der Waals surface area contributed by atoms with Gasteiger partial charge < -0.3 is 15.8 Å². The van der Waals surface area contributed by atoms with Gasteiger partial charge in [-0.15, -0.1) is 0 Å². The van der Waals surface area contributed by atoms with E-state index < -0.39 is 0 Å². The first-order valence-electron chi connectivity index (χ1n) is 6.66. The van der Waals surface area contributed by atoms with Gasteiger partial charge in [0.2, 0.25) is 11.8 Å². The highest BCUT2D eigenvalue weighted by molar-refractivity contribution is 5.43. The monoisotopic (exact) mass is 272 g/mol. The number of hydrogen-bond donors (Lipinski definition) is 2. The lowest BCUT2D eigenvalue weighted by atomic mass is 10.1. The van der Waals surface area contributed by atoms with Gasteiger partial charge in [-0.05, 0) is 38.5 Å². The SMILES string of the molecule is CC(C)Oc1ccnc(NC(C)c2cccc(N)c2)n1. The number of ether oxygens (including phenoxy) is 1. The van der Waals surface area contributed by atoms with Gasteiger partial charge in [-0.1, -0.05) is 12.1 Å². The van der Waals surface area contributed by atoms with E-state index >= 15 is 0 Å². The van der Waals surface area contributed by atoms with Crippen LogP contribution in [0.15, 0.2) is 36.5 Å². The summed E-state index contributed by atoms with van der Waals surface area (Å²) < 4.78 is 5.55. The number of rotatable bonds is 5. The van der Waals surface area contributed by atoms with Gasteiger partial charge in [-0.25, -0.2) is 4.98 Å². The highest BCUT2D eigenvalue weighted by atomic mass is 16.5. The molecule has 20 heavy (non-hydrogen) atoms. The first kappa shape index (κ1) is 14.1. The zero-order chi connectivity index (χ0) is 14.5. The van der Waals surface area contributed by atoms with Crippen molar-refractivity contribution in [3.63, 3.8) is 0 Å². The van der Waals surface area contributed by atoms with Crippen LogP contribution in [0, 0.1) is 0 Å². The third-order valence-electron chi connectivity index (χ3n) is 2.74. The fraction of sp³-hybridized carbons (Fsp3) is 0.333. The molecule has 106 valence electrons. The topological polar surface area (TPSA) is 73.1 Å². The lowest BCUT2D eigenvalue weighted by molar-refractivity contribution is 0.232. The molecule has 5 nitrogen and oxygen atoms in total. The number of nitrogen functional groups attached to an aromatic ring is 1. The molecule has 3 N–H and O–H groups in total. The molecule has 0 fully saturated rings. The summed E-state index contributed by atoms with van der Waals surface area (Å²) in [5.74, 6) is 1.11. The Labute approximate surface area is 119 Å². The Morgan fingerprint density at radius 1 is 1.20 bits per heavy atom. The molecule has 0 radical (unpaired) electrons. The molecule has 0 aliphatic carbocycles. The van der Waals surface area contributed by atoms with Crippen LogP contribution in [0.25, 0.3) is 0 Å². The van der Waals surface area contributed by atoms with E-state index in [4.69, 9.17) is 10.5 Å². The maximum atomic E-state index is 5.79. The molecule has 1 atom stereocenters. The summed E-state index contributed by atoms with van der Waals surface area (Å²) in [6.07, 6.45) is 1.77. The summed E-state index contributed by atoms with van der Waals surface area (Å²) in [6, 6.07) is 9.56. The minimum Gasteiger partial charge on any atom is -0.475 e. The number of anilines is 2. The highest BCUT2D eigenvalue weighted by Gasteiger charge is 2.08. The number of benzene rings is 1. The van der Waals surface area contributed by atoms with Gasteiger partial charge >= 0.3 is 0 Å². The molecule has 1 heterocycles. The van der Waals surface area contributed by atoms with Crippen molar-refractivity contribution in [2.45, 2.75) is 32.9 Å². The van der Waals surface area contributed by atoms with Gasteiger partial charge in [0.15, 0.2) is 0 Å². The maximum absolute atomic E-state index is 5.79. The van der Waals surface area contributed by atoms with Crippen LogP contribution in [0.5, 0.6) is 5.88 Å². The Balaban J connectivity index is 2.09. The summed E-state index contributed by atoms with van der Waals surface area (Å²) in [6.45, 7) is 5.96. The van der Waals surface area contributed by atoms with Crippen molar-refractivity contribution in [2.75, 3.05) is 11.1 Å². The normalized spacial score (nSPS) is 12.2. The fourth-order valence-electron chi connectivity index (χ4n) is 1.82. The van der Waals surface area contributed by atoms with Crippen LogP contribution < -0.4 is 15.8 Å². The van der Waals surface area contributed by atoms with Gasteiger partial charge in [0, 0.05) is 18.0 Å². The second-order valence-electron chi connectivity index (χ2n) is 4.92. The van der Waals surface area contributed by atoms with Crippen LogP contribution in [0.3, 0.4) is 0 Å². The average Bonchev–Trinajstić information content (AvgIpc) is 2.38. The van der Waals surface area contributed by atoms with Crippen molar-refractivity contribution in [1.82, 2.24) is 9.97 Å². The quantitative estimate of drug-likeness (QED) is 0.818. The second-order valence-corrected chi connectivity index (χ2v) is 4.92. The molecular formula is C15H20N4O. The molecule has 0 saturated heterocycles. The standard InChI is InChI=1S/C15H20N4O/c1-10(2)20-14-7-8-17-15(19-14)18-11(3)12-5-4-6-13(16)9-12/h4-11H,16H2,1-3H3,(H,17,18,19). The summed E-state index contributed by atoms with van der Waals surface area (Å²) in [7, 11) is 0. The summed E-state index contributed by atoms with van der Waals surface area (Å²) in [4.78, 5) is 8.53. The van der Waals surface area contributed by atoms with Crippen molar-refractivity contribution in [3.05, 3.63) is 42.1 Å². The van der Waals surface area contributed by atoms with E-state index in [1.54, 1.807) is 12.3 Å². The van der Waals surface area contributed by atoms with E-state index in [2.05, 4.69) is 15.3 Å². The van der Waals surface area contributed by atoms with Crippen LogP contribution >= 0.6 is 0 Å². The van der Waals surface area contributed by atoms with Crippen LogP contribution in [-0.2, 0) is 0 Å². The number of nitrogens with one attached hydrogen (secondary N) is 1. The van der Waals surface area contributed by atoms with E-state index in [-0.39, 0.29) is 12.1 Å². The van der Waals surface area contributed by atoms with Crippen molar-refractivity contribution in [2.24, 2.45) is 0 Å². The molecule has 2 aromatic rings. The van der Waals surface area contributed by atoms with Gasteiger partial charge in [0.05, 0.1) is 12.1 Å². The first-order valence-corrected chi connectivity index (χ1v) is 6.66. The van der Waals surface area contributed by atoms with Gasteiger partial charge in [0.25, 0.3) is 0 Å². The molecule has 2 rings (SSSR count). The molecule has 1 unspecified atom stereocenters. The Hall–Kier alpha value is -2.30. The van der Waals surface area contributed by atoms with Crippen LogP contribution in [0.2, 0.25) is 0 Å². The Morgan fingerprint density at radius 3 is 2.70 bits per heavy atom. The lowest BCUT2D eigenvalue weighted by Crippen LogP contribution is -2.12. The number of nitrogens with two attached hydrogens (primary N) is 1. The molecule has 0 aliphatic rings. The smallest absolute Gasteiger partial charge is 0.226 e. The highest BCUT2D eigenvalue weighted by Crippen LogP contribution is 2.20. The van der Waals surface area contributed by atoms with E-state index in [1.807, 2.05) is 45.0 Å². The molecule has 0 saturated carbocycles. The Bertz CT molecular complexity index is 571.